The molecule has 4 heterocycles. The predicted octanol–water partition coefficient (Wildman–Crippen LogP) is 13.4. The fraction of sp³-hybridized carbons (Fsp3) is 0.306. The number of carbonyl (C=O) groups is 2. The van der Waals surface area contributed by atoms with Gasteiger partial charge in [0.15, 0.2) is 0 Å². The minimum Gasteiger partial charge on any atom is -0.463 e. The van der Waals surface area contributed by atoms with Crippen LogP contribution in [0.5, 0.6) is 0 Å². The molecule has 61 heavy (non-hydrogen) atoms. The monoisotopic (exact) mass is 881 g/mol. The van der Waals surface area contributed by atoms with E-state index in [-0.39, 0.29) is 35.4 Å². The van der Waals surface area contributed by atoms with Crippen molar-refractivity contribution >= 4 is 51.9 Å². The topological polar surface area (TPSA) is 130 Å². The summed E-state index contributed by atoms with van der Waals surface area (Å²) in [7, 11) is 0. The fourth-order valence-corrected chi connectivity index (χ4v) is 6.64. The van der Waals surface area contributed by atoms with E-state index >= 15 is 0 Å². The second-order valence-corrected chi connectivity index (χ2v) is 18.1. The van der Waals surface area contributed by atoms with E-state index in [0.29, 0.717) is 15.7 Å². The minimum absolute atomic E-state index is 0.00130. The molecule has 320 valence electrons. The van der Waals surface area contributed by atoms with Crippen LogP contribution in [0.4, 0.5) is 10.5 Å². The number of esters is 1. The van der Waals surface area contributed by atoms with Crippen molar-refractivity contribution in [2.24, 2.45) is 0 Å². The number of ether oxygens (including phenoxy) is 2. The van der Waals surface area contributed by atoms with Gasteiger partial charge in [-0.25, -0.2) is 4.79 Å². The van der Waals surface area contributed by atoms with Crippen molar-refractivity contribution in [3.05, 3.63) is 137 Å². The van der Waals surface area contributed by atoms with E-state index in [2.05, 4.69) is 90.5 Å². The Hall–Kier alpha value is -5.35. The number of pyridine rings is 4. The van der Waals surface area contributed by atoms with Crippen LogP contribution in [-0.4, -0.2) is 43.5 Å². The molecule has 0 amide bonds. The number of halogens is 3. The van der Waals surface area contributed by atoms with Gasteiger partial charge < -0.3 is 15.2 Å². The number of rotatable bonds is 8. The number of benzene rings is 2. The van der Waals surface area contributed by atoms with Crippen molar-refractivity contribution in [1.29, 1.82) is 0 Å². The Balaban J connectivity index is 0.000000236. The lowest BCUT2D eigenvalue weighted by atomic mass is 9.90. The van der Waals surface area contributed by atoms with E-state index in [1.54, 1.807) is 26.1 Å². The summed E-state index contributed by atoms with van der Waals surface area (Å²) in [5.41, 5.74) is 16.4. The molecule has 2 aromatic carbocycles. The zero-order chi connectivity index (χ0) is 45.1. The van der Waals surface area contributed by atoms with Gasteiger partial charge in [-0.05, 0) is 99.0 Å². The molecular weight excluding hydrogens is 829 g/mol. The number of nitrogen functional groups attached to an aromatic ring is 1. The van der Waals surface area contributed by atoms with Crippen molar-refractivity contribution in [1.82, 2.24) is 19.9 Å². The Labute approximate surface area is 375 Å². The SMILES string of the molecule is CC(C)(C)c1cc(-c2cncc(-c3ccc(N)cc3Cl)c2)ccn1.CC(C)OC(=O)Cc1ccc(-c2cncc(-c3ccnc(C(C)(C)C)c3)c2)c(Cl)c1.CC(C)OC(=O)Cl. The van der Waals surface area contributed by atoms with Crippen LogP contribution in [0.25, 0.3) is 44.5 Å². The first kappa shape index (κ1) is 48.3. The normalized spacial score (nSPS) is 11.3. The summed E-state index contributed by atoms with van der Waals surface area (Å²) in [5, 5.41) is 1.20. The lowest BCUT2D eigenvalue weighted by Gasteiger charge is -2.18. The Kier molecular flexibility index (Phi) is 17.0. The molecule has 0 aliphatic rings. The molecule has 0 aliphatic carbocycles. The van der Waals surface area contributed by atoms with E-state index in [9.17, 15) is 9.59 Å². The van der Waals surface area contributed by atoms with Gasteiger partial charge in [0.2, 0.25) is 0 Å². The molecule has 6 rings (SSSR count). The maximum atomic E-state index is 11.9. The lowest BCUT2D eigenvalue weighted by Crippen LogP contribution is -2.13. The molecule has 0 unspecified atom stereocenters. The number of nitrogens with zero attached hydrogens (tertiary/aromatic N) is 4. The first-order chi connectivity index (χ1) is 28.6. The highest BCUT2D eigenvalue weighted by Gasteiger charge is 2.18. The van der Waals surface area contributed by atoms with Crippen molar-refractivity contribution in [2.75, 3.05) is 5.73 Å². The van der Waals surface area contributed by atoms with Crippen LogP contribution < -0.4 is 5.73 Å². The molecular formula is C49H54Cl3N5O4. The molecule has 0 fully saturated rings. The lowest BCUT2D eigenvalue weighted by molar-refractivity contribution is -0.146. The van der Waals surface area contributed by atoms with Crippen molar-refractivity contribution in [3.8, 4) is 44.5 Å². The highest BCUT2D eigenvalue weighted by molar-refractivity contribution is 6.61. The third-order valence-corrected chi connectivity index (χ3v) is 9.61. The van der Waals surface area contributed by atoms with Gasteiger partial charge in [-0.3, -0.25) is 24.7 Å². The molecule has 4 aromatic heterocycles. The van der Waals surface area contributed by atoms with Gasteiger partial charge in [0, 0.05) is 115 Å². The van der Waals surface area contributed by atoms with Gasteiger partial charge in [0.25, 0.3) is 0 Å². The maximum absolute atomic E-state index is 11.9. The number of carbonyl (C=O) groups excluding carboxylic acids is 2. The molecule has 0 saturated carbocycles. The molecule has 0 aliphatic heterocycles. The number of anilines is 1. The van der Waals surface area contributed by atoms with Gasteiger partial charge in [0.1, 0.15) is 0 Å². The zero-order valence-electron chi connectivity index (χ0n) is 36.4. The summed E-state index contributed by atoms with van der Waals surface area (Å²) in [5.74, 6) is -0.259. The van der Waals surface area contributed by atoms with E-state index < -0.39 is 5.43 Å². The predicted molar refractivity (Wildman–Crippen MR) is 250 cm³/mol. The minimum atomic E-state index is -0.741. The summed E-state index contributed by atoms with van der Waals surface area (Å²) in [4.78, 5) is 39.5. The van der Waals surface area contributed by atoms with Gasteiger partial charge in [-0.2, -0.15) is 0 Å². The van der Waals surface area contributed by atoms with Crippen molar-refractivity contribution in [2.45, 2.75) is 98.7 Å². The van der Waals surface area contributed by atoms with Gasteiger partial charge >= 0.3 is 11.4 Å². The smallest absolute Gasteiger partial charge is 0.404 e. The van der Waals surface area contributed by atoms with E-state index in [1.165, 1.54) is 0 Å². The Morgan fingerprint density at radius 1 is 0.590 bits per heavy atom. The average molecular weight is 883 g/mol. The molecule has 0 bridgehead atoms. The number of hydrogen-bond acceptors (Lipinski definition) is 9. The average Bonchev–Trinajstić information content (AvgIpc) is 3.17. The van der Waals surface area contributed by atoms with Crippen molar-refractivity contribution < 1.29 is 19.1 Å². The van der Waals surface area contributed by atoms with E-state index in [4.69, 9.17) is 45.3 Å². The van der Waals surface area contributed by atoms with Crippen LogP contribution in [0.3, 0.4) is 0 Å². The fourth-order valence-electron chi connectivity index (χ4n) is 5.86. The maximum Gasteiger partial charge on any atom is 0.404 e. The first-order valence-corrected chi connectivity index (χ1v) is 21.0. The van der Waals surface area contributed by atoms with E-state index in [0.717, 1.165) is 61.5 Å². The van der Waals surface area contributed by atoms with Gasteiger partial charge in [-0.1, -0.05) is 82.9 Å². The molecule has 0 radical (unpaired) electrons. The summed E-state index contributed by atoms with van der Waals surface area (Å²) < 4.78 is 9.59. The second-order valence-electron chi connectivity index (χ2n) is 17.0. The second kappa shape index (κ2) is 21.4. The van der Waals surface area contributed by atoms with Crippen LogP contribution in [0.1, 0.15) is 86.2 Å². The van der Waals surface area contributed by atoms with Gasteiger partial charge in [-0.15, -0.1) is 0 Å². The Morgan fingerprint density at radius 2 is 1.03 bits per heavy atom. The Bertz CT molecular complexity index is 2440. The molecule has 6 aromatic rings. The zero-order valence-corrected chi connectivity index (χ0v) is 38.7. The highest BCUT2D eigenvalue weighted by Crippen LogP contribution is 2.34. The molecule has 9 nitrogen and oxygen atoms in total. The standard InChI is InChI=1S/C25H27ClN2O2.C20H20ClN3.C4H7ClO2/c1-16(2)30-24(29)11-17-6-7-21(22(26)10-17)20-12-19(14-27-15-20)18-8-9-28-23(13-18)25(3,4)5;1-20(2,3)19-9-13(6-7-24-19)14-8-15(12-23-11-14)17-5-4-16(22)10-18(17)21;1-3(2)7-4(5)6/h6-10,12-16H,11H2,1-5H3;4-12H,22H2,1-3H3;3H,1-2H3. The third-order valence-electron chi connectivity index (χ3n) is 8.89. The van der Waals surface area contributed by atoms with E-state index in [1.807, 2.05) is 87.3 Å². The third kappa shape index (κ3) is 15.0. The van der Waals surface area contributed by atoms with Crippen molar-refractivity contribution in [3.63, 3.8) is 0 Å². The number of hydrogen-bond donors (Lipinski definition) is 1. The Morgan fingerprint density at radius 3 is 1.43 bits per heavy atom. The molecule has 0 saturated heterocycles. The van der Waals surface area contributed by atoms with Crippen LogP contribution >= 0.6 is 34.8 Å². The van der Waals surface area contributed by atoms with Crippen LogP contribution in [0.15, 0.2) is 110 Å². The van der Waals surface area contributed by atoms with Crippen LogP contribution in [0.2, 0.25) is 10.0 Å². The molecule has 0 atom stereocenters. The van der Waals surface area contributed by atoms with Crippen LogP contribution in [-0.2, 0) is 31.5 Å². The molecule has 2 N–H and O–H groups in total. The summed E-state index contributed by atoms with van der Waals surface area (Å²) in [6.45, 7) is 20.0. The number of aromatic nitrogens is 4. The first-order valence-electron chi connectivity index (χ1n) is 19.8. The number of nitrogens with two attached hydrogens (primary N) is 1. The largest absolute Gasteiger partial charge is 0.463 e. The summed E-state index contributed by atoms with van der Waals surface area (Å²) >= 11 is 17.7. The summed E-state index contributed by atoms with van der Waals surface area (Å²) in [6.07, 6.45) is 10.9. The quantitative estimate of drug-likeness (QED) is 0.0902. The molecule has 12 heteroatoms. The summed E-state index contributed by atoms with van der Waals surface area (Å²) in [6, 6.07) is 23.5. The van der Waals surface area contributed by atoms with Gasteiger partial charge in [0.05, 0.1) is 23.7 Å². The highest BCUT2D eigenvalue weighted by atomic mass is 35.5. The molecule has 0 spiro atoms. The van der Waals surface area contributed by atoms with Crippen LogP contribution in [0, 0.1) is 0 Å².